The first-order valence-corrected chi connectivity index (χ1v) is 9.37. The molecule has 4 aromatic rings. The number of fused-ring (bicyclic) bond motifs is 1. The van der Waals surface area contributed by atoms with Crippen LogP contribution < -0.4 is 5.32 Å². The van der Waals surface area contributed by atoms with Crippen LogP contribution in [0.3, 0.4) is 0 Å². The number of nitrogens with zero attached hydrogens (tertiary/aromatic N) is 1. The Kier molecular flexibility index (Phi) is 4.83. The minimum Gasteiger partial charge on any atom is -0.348 e. The number of carbonyl (C=O) groups is 1. The maximum atomic E-state index is 13.8. The Balaban J connectivity index is 1.51. The van der Waals surface area contributed by atoms with Gasteiger partial charge in [0.05, 0.1) is 21.5 Å². The highest BCUT2D eigenvalue weighted by molar-refractivity contribution is 7.14. The zero-order valence-electron chi connectivity index (χ0n) is 14.7. The SMILES string of the molecule is O=C(NCc1cc(C(F)(F)F)ccc1F)c1csc(-c2n[nH]c3ccccc23)c1. The van der Waals surface area contributed by atoms with Crippen LogP contribution in [0.5, 0.6) is 0 Å². The van der Waals surface area contributed by atoms with E-state index in [1.54, 1.807) is 11.4 Å². The van der Waals surface area contributed by atoms with E-state index in [4.69, 9.17) is 0 Å². The van der Waals surface area contributed by atoms with Crippen LogP contribution >= 0.6 is 11.3 Å². The number of hydrogen-bond acceptors (Lipinski definition) is 3. The molecule has 0 aliphatic carbocycles. The summed E-state index contributed by atoms with van der Waals surface area (Å²) in [6.07, 6.45) is -4.58. The molecule has 2 N–H and O–H groups in total. The van der Waals surface area contributed by atoms with Crippen molar-refractivity contribution in [2.24, 2.45) is 0 Å². The van der Waals surface area contributed by atoms with E-state index < -0.39 is 23.5 Å². The van der Waals surface area contributed by atoms with Gasteiger partial charge in [0.2, 0.25) is 0 Å². The number of hydrogen-bond donors (Lipinski definition) is 2. The van der Waals surface area contributed by atoms with Crippen LogP contribution in [0.15, 0.2) is 53.9 Å². The second kappa shape index (κ2) is 7.32. The first-order valence-electron chi connectivity index (χ1n) is 8.49. The van der Waals surface area contributed by atoms with Crippen LogP contribution in [-0.2, 0) is 12.7 Å². The summed E-state index contributed by atoms with van der Waals surface area (Å²) in [5, 5.41) is 12.2. The smallest absolute Gasteiger partial charge is 0.348 e. The molecule has 0 bridgehead atoms. The predicted molar refractivity (Wildman–Crippen MR) is 102 cm³/mol. The van der Waals surface area contributed by atoms with Gasteiger partial charge in [-0.25, -0.2) is 4.39 Å². The van der Waals surface area contributed by atoms with Crippen molar-refractivity contribution in [3.05, 3.63) is 76.4 Å². The number of para-hydroxylation sites is 1. The van der Waals surface area contributed by atoms with Gasteiger partial charge in [0.25, 0.3) is 5.91 Å². The Morgan fingerprint density at radius 2 is 1.93 bits per heavy atom. The lowest BCUT2D eigenvalue weighted by atomic mass is 10.1. The molecule has 0 aliphatic heterocycles. The highest BCUT2D eigenvalue weighted by Crippen LogP contribution is 2.32. The van der Waals surface area contributed by atoms with Gasteiger partial charge in [0.1, 0.15) is 11.5 Å². The van der Waals surface area contributed by atoms with Gasteiger partial charge in [-0.1, -0.05) is 18.2 Å². The number of aromatic nitrogens is 2. The molecule has 0 saturated heterocycles. The van der Waals surface area contributed by atoms with E-state index in [2.05, 4.69) is 15.5 Å². The van der Waals surface area contributed by atoms with Crippen molar-refractivity contribution in [3.8, 4) is 10.6 Å². The Morgan fingerprint density at radius 1 is 1.14 bits per heavy atom. The number of amides is 1. The Bertz CT molecular complexity index is 1200. The maximum Gasteiger partial charge on any atom is 0.416 e. The van der Waals surface area contributed by atoms with Gasteiger partial charge in [-0.15, -0.1) is 11.3 Å². The quantitative estimate of drug-likeness (QED) is 0.437. The van der Waals surface area contributed by atoms with Gasteiger partial charge < -0.3 is 5.32 Å². The number of H-pyrrole nitrogens is 1. The van der Waals surface area contributed by atoms with Crippen LogP contribution in [0.1, 0.15) is 21.5 Å². The molecule has 2 aromatic carbocycles. The first kappa shape index (κ1) is 19.1. The van der Waals surface area contributed by atoms with Crippen LogP contribution in [-0.4, -0.2) is 16.1 Å². The molecule has 1 amide bonds. The van der Waals surface area contributed by atoms with Crippen LogP contribution in [0.25, 0.3) is 21.5 Å². The summed E-state index contributed by atoms with van der Waals surface area (Å²) in [4.78, 5) is 13.1. The topological polar surface area (TPSA) is 57.8 Å². The zero-order valence-corrected chi connectivity index (χ0v) is 15.5. The van der Waals surface area contributed by atoms with Crippen LogP contribution in [0.2, 0.25) is 0 Å². The van der Waals surface area contributed by atoms with Crippen molar-refractivity contribution in [1.29, 1.82) is 0 Å². The molecule has 29 heavy (non-hydrogen) atoms. The average Bonchev–Trinajstić information content (AvgIpc) is 3.33. The molecular formula is C20H13F4N3OS. The fourth-order valence-electron chi connectivity index (χ4n) is 2.89. The van der Waals surface area contributed by atoms with E-state index in [-0.39, 0.29) is 12.1 Å². The average molecular weight is 419 g/mol. The highest BCUT2D eigenvalue weighted by Gasteiger charge is 2.31. The molecule has 148 valence electrons. The summed E-state index contributed by atoms with van der Waals surface area (Å²) >= 11 is 1.31. The molecule has 0 unspecified atom stereocenters. The summed E-state index contributed by atoms with van der Waals surface area (Å²) in [5.41, 5.74) is 0.688. The van der Waals surface area contributed by atoms with Gasteiger partial charge in [0, 0.05) is 22.9 Å². The number of benzene rings is 2. The molecule has 0 spiro atoms. The number of rotatable bonds is 4. The minimum absolute atomic E-state index is 0.234. The molecule has 9 heteroatoms. The Labute approximate surface area is 166 Å². The molecule has 0 radical (unpaired) electrons. The number of thiophene rings is 1. The predicted octanol–water partition coefficient (Wildman–Crippen LogP) is 5.38. The number of alkyl halides is 3. The lowest BCUT2D eigenvalue weighted by Gasteiger charge is -2.10. The van der Waals surface area contributed by atoms with E-state index in [9.17, 15) is 22.4 Å². The summed E-state index contributed by atoms with van der Waals surface area (Å²) < 4.78 is 52.2. The van der Waals surface area contributed by atoms with Gasteiger partial charge in [-0.2, -0.15) is 18.3 Å². The monoisotopic (exact) mass is 419 g/mol. The molecule has 0 aliphatic rings. The van der Waals surface area contributed by atoms with Crippen molar-refractivity contribution in [1.82, 2.24) is 15.5 Å². The van der Waals surface area contributed by atoms with E-state index in [0.717, 1.165) is 21.8 Å². The fourth-order valence-corrected chi connectivity index (χ4v) is 3.79. The van der Waals surface area contributed by atoms with E-state index in [1.807, 2.05) is 24.3 Å². The first-order chi connectivity index (χ1) is 13.8. The lowest BCUT2D eigenvalue weighted by Crippen LogP contribution is -2.23. The largest absolute Gasteiger partial charge is 0.416 e. The minimum atomic E-state index is -4.58. The van der Waals surface area contributed by atoms with Crippen molar-refractivity contribution in [3.63, 3.8) is 0 Å². The van der Waals surface area contributed by atoms with Crippen molar-refractivity contribution < 1.29 is 22.4 Å². The normalized spacial score (nSPS) is 11.7. The van der Waals surface area contributed by atoms with Gasteiger partial charge in [-0.3, -0.25) is 9.89 Å². The number of nitrogens with one attached hydrogen (secondary N) is 2. The van der Waals surface area contributed by atoms with Crippen molar-refractivity contribution in [2.45, 2.75) is 12.7 Å². The Hall–Kier alpha value is -3.20. The van der Waals surface area contributed by atoms with Gasteiger partial charge in [0.15, 0.2) is 0 Å². The summed E-state index contributed by atoms with van der Waals surface area (Å²) in [5.74, 6) is -1.32. The van der Waals surface area contributed by atoms with Crippen LogP contribution in [0.4, 0.5) is 17.6 Å². The standard InChI is InChI=1S/C20H13F4N3OS/c21-15-6-5-13(20(22,23)24)7-11(15)9-25-19(28)12-8-17(29-10-12)18-14-3-1-2-4-16(14)26-27-18/h1-8,10H,9H2,(H,25,28)(H,26,27). The van der Waals surface area contributed by atoms with E-state index >= 15 is 0 Å². The van der Waals surface area contributed by atoms with Crippen molar-refractivity contribution in [2.75, 3.05) is 0 Å². The maximum absolute atomic E-state index is 13.8. The summed E-state index contributed by atoms with van der Waals surface area (Å²) in [7, 11) is 0. The molecule has 2 heterocycles. The zero-order chi connectivity index (χ0) is 20.6. The second-order valence-electron chi connectivity index (χ2n) is 6.30. The number of carbonyl (C=O) groups excluding carboxylic acids is 1. The van der Waals surface area contributed by atoms with E-state index in [0.29, 0.717) is 23.4 Å². The Morgan fingerprint density at radius 3 is 2.72 bits per heavy atom. The van der Waals surface area contributed by atoms with Crippen LogP contribution in [0, 0.1) is 5.82 Å². The van der Waals surface area contributed by atoms with Crippen molar-refractivity contribution >= 4 is 28.1 Å². The highest BCUT2D eigenvalue weighted by atomic mass is 32.1. The molecular weight excluding hydrogens is 406 g/mol. The molecule has 4 nitrogen and oxygen atoms in total. The number of halogens is 4. The summed E-state index contributed by atoms with van der Waals surface area (Å²) in [6, 6.07) is 11.3. The third kappa shape index (κ3) is 3.86. The summed E-state index contributed by atoms with van der Waals surface area (Å²) in [6.45, 7) is -0.356. The molecule has 4 rings (SSSR count). The molecule has 0 atom stereocenters. The third-order valence-corrected chi connectivity index (χ3v) is 5.31. The molecule has 0 fully saturated rings. The third-order valence-electron chi connectivity index (χ3n) is 4.38. The second-order valence-corrected chi connectivity index (χ2v) is 7.22. The van der Waals surface area contributed by atoms with Gasteiger partial charge in [-0.05, 0) is 30.3 Å². The fraction of sp³-hybridized carbons (Fsp3) is 0.100. The molecule has 2 aromatic heterocycles. The lowest BCUT2D eigenvalue weighted by molar-refractivity contribution is -0.137. The molecule has 0 saturated carbocycles. The van der Waals surface area contributed by atoms with Gasteiger partial charge >= 0.3 is 6.18 Å². The van der Waals surface area contributed by atoms with E-state index in [1.165, 1.54) is 11.3 Å². The number of aromatic amines is 1.